The number of rotatable bonds is 6. The second kappa shape index (κ2) is 12.8. The molecular formula is C46H33N3S. The van der Waals surface area contributed by atoms with Crippen LogP contribution in [0.3, 0.4) is 0 Å². The minimum Gasteiger partial charge on any atom is -0.208 e. The van der Waals surface area contributed by atoms with E-state index in [1.807, 2.05) is 47.7 Å². The summed E-state index contributed by atoms with van der Waals surface area (Å²) in [6.07, 6.45) is 9.02. The fourth-order valence-corrected chi connectivity index (χ4v) is 8.48. The van der Waals surface area contributed by atoms with Crippen LogP contribution in [0.25, 0.3) is 76.6 Å². The Hall–Kier alpha value is -5.97. The van der Waals surface area contributed by atoms with E-state index in [2.05, 4.69) is 140 Å². The van der Waals surface area contributed by atoms with E-state index < -0.39 is 0 Å². The summed E-state index contributed by atoms with van der Waals surface area (Å²) in [6, 6.07) is 51.2. The molecule has 0 saturated heterocycles. The van der Waals surface area contributed by atoms with Crippen molar-refractivity contribution in [3.8, 4) is 56.4 Å². The van der Waals surface area contributed by atoms with Gasteiger partial charge in [-0.25, -0.2) is 15.0 Å². The quantitative estimate of drug-likeness (QED) is 0.178. The van der Waals surface area contributed by atoms with Gasteiger partial charge in [0.15, 0.2) is 17.5 Å². The SMILES string of the molecule is CC1C=CC=CC1c1cccc2c1sc1c(-c3cc(-c4ccccc4)cc(-c4nc(-c5ccccc5)nc(-c5ccccc5)n4)c3)cccc12. The molecule has 1 aliphatic rings. The Morgan fingerprint density at radius 1 is 0.440 bits per heavy atom. The van der Waals surface area contributed by atoms with E-state index in [0.29, 0.717) is 29.3 Å². The van der Waals surface area contributed by atoms with Gasteiger partial charge >= 0.3 is 0 Å². The van der Waals surface area contributed by atoms with Gasteiger partial charge in [-0.05, 0) is 51.9 Å². The van der Waals surface area contributed by atoms with E-state index in [1.54, 1.807) is 0 Å². The third-order valence-corrected chi connectivity index (χ3v) is 10.9. The summed E-state index contributed by atoms with van der Waals surface area (Å²) in [6.45, 7) is 2.31. The molecule has 2 atom stereocenters. The zero-order valence-electron chi connectivity index (χ0n) is 27.6. The standard InChI is InChI=1S/C46H33N3S/c1-30-15-11-12-22-37(30)39-24-14-26-41-40-25-13-23-38(42(40)50-43(39)41)35-27-34(31-16-5-2-6-17-31)28-36(29-35)46-48-44(32-18-7-3-8-19-32)47-45(49-46)33-20-9-4-10-21-33/h2-30,37H,1H3. The number of nitrogens with zero attached hydrogens (tertiary/aromatic N) is 3. The molecule has 0 radical (unpaired) electrons. The van der Waals surface area contributed by atoms with E-state index in [1.165, 1.54) is 31.3 Å². The second-order valence-electron chi connectivity index (χ2n) is 12.9. The van der Waals surface area contributed by atoms with Crippen LogP contribution in [-0.4, -0.2) is 15.0 Å². The lowest BCUT2D eigenvalue weighted by Crippen LogP contribution is -2.07. The van der Waals surface area contributed by atoms with Crippen LogP contribution in [0.4, 0.5) is 0 Å². The molecule has 9 rings (SSSR count). The fourth-order valence-electron chi connectivity index (χ4n) is 7.08. The molecule has 2 unspecified atom stereocenters. The molecule has 2 heterocycles. The monoisotopic (exact) mass is 659 g/mol. The molecule has 0 bridgehead atoms. The molecule has 0 N–H and O–H groups in total. The number of hydrogen-bond donors (Lipinski definition) is 0. The maximum atomic E-state index is 5.10. The molecule has 0 spiro atoms. The minimum atomic E-state index is 0.356. The normalized spacial score (nSPS) is 15.5. The lowest BCUT2D eigenvalue weighted by molar-refractivity contribution is 0.640. The first-order valence-corrected chi connectivity index (χ1v) is 17.9. The van der Waals surface area contributed by atoms with Crippen LogP contribution in [0.5, 0.6) is 0 Å². The average Bonchev–Trinajstić information content (AvgIpc) is 3.58. The first kappa shape index (κ1) is 30.1. The van der Waals surface area contributed by atoms with E-state index >= 15 is 0 Å². The number of allylic oxidation sites excluding steroid dienone is 4. The third-order valence-electron chi connectivity index (χ3n) is 9.63. The first-order valence-electron chi connectivity index (χ1n) is 17.1. The molecule has 0 saturated carbocycles. The number of benzene rings is 6. The summed E-state index contributed by atoms with van der Waals surface area (Å²) in [4.78, 5) is 15.2. The summed E-state index contributed by atoms with van der Waals surface area (Å²) in [5, 5.41) is 2.60. The summed E-state index contributed by atoms with van der Waals surface area (Å²) >= 11 is 1.91. The van der Waals surface area contributed by atoms with Crippen molar-refractivity contribution in [3.63, 3.8) is 0 Å². The summed E-state index contributed by atoms with van der Waals surface area (Å²) in [5.74, 6) is 2.76. The molecule has 238 valence electrons. The average molecular weight is 660 g/mol. The van der Waals surface area contributed by atoms with Gasteiger partial charge in [-0.15, -0.1) is 11.3 Å². The van der Waals surface area contributed by atoms with Gasteiger partial charge in [0.1, 0.15) is 0 Å². The lowest BCUT2D eigenvalue weighted by Gasteiger charge is -2.21. The van der Waals surface area contributed by atoms with Gasteiger partial charge in [-0.2, -0.15) is 0 Å². The van der Waals surface area contributed by atoms with Crippen LogP contribution in [0, 0.1) is 5.92 Å². The van der Waals surface area contributed by atoms with Crippen LogP contribution in [0.15, 0.2) is 170 Å². The molecule has 50 heavy (non-hydrogen) atoms. The number of hydrogen-bond acceptors (Lipinski definition) is 4. The lowest BCUT2D eigenvalue weighted by atomic mass is 9.84. The zero-order valence-corrected chi connectivity index (χ0v) is 28.4. The van der Waals surface area contributed by atoms with Crippen molar-refractivity contribution < 1.29 is 0 Å². The van der Waals surface area contributed by atoms with Crippen molar-refractivity contribution in [2.24, 2.45) is 5.92 Å². The Kier molecular flexibility index (Phi) is 7.72. The van der Waals surface area contributed by atoms with E-state index in [0.717, 1.165) is 33.4 Å². The van der Waals surface area contributed by atoms with Crippen LogP contribution in [-0.2, 0) is 0 Å². The van der Waals surface area contributed by atoms with E-state index in [-0.39, 0.29) is 0 Å². The zero-order chi connectivity index (χ0) is 33.4. The Balaban J connectivity index is 1.27. The minimum absolute atomic E-state index is 0.356. The molecule has 0 amide bonds. The molecule has 4 heteroatoms. The molecule has 2 aromatic heterocycles. The maximum Gasteiger partial charge on any atom is 0.164 e. The molecular weight excluding hydrogens is 627 g/mol. The van der Waals surface area contributed by atoms with Crippen LogP contribution in [0.1, 0.15) is 18.4 Å². The molecule has 8 aromatic rings. The van der Waals surface area contributed by atoms with Crippen LogP contribution in [0.2, 0.25) is 0 Å². The molecule has 3 nitrogen and oxygen atoms in total. The highest BCUT2D eigenvalue weighted by Gasteiger charge is 2.22. The highest BCUT2D eigenvalue weighted by molar-refractivity contribution is 7.26. The maximum absolute atomic E-state index is 5.10. The largest absolute Gasteiger partial charge is 0.208 e. The number of thiophene rings is 1. The molecule has 0 fully saturated rings. The molecule has 0 aliphatic heterocycles. The highest BCUT2D eigenvalue weighted by atomic mass is 32.1. The van der Waals surface area contributed by atoms with Gasteiger partial charge in [0.25, 0.3) is 0 Å². The van der Waals surface area contributed by atoms with Gasteiger partial charge in [-0.1, -0.05) is 159 Å². The Morgan fingerprint density at radius 3 is 1.60 bits per heavy atom. The Bertz CT molecular complexity index is 2490. The Labute approximate surface area is 296 Å². The van der Waals surface area contributed by atoms with Gasteiger partial charge in [-0.3, -0.25) is 0 Å². The molecule has 6 aromatic carbocycles. The number of aromatic nitrogens is 3. The second-order valence-corrected chi connectivity index (χ2v) is 13.9. The molecule has 1 aliphatic carbocycles. The van der Waals surface area contributed by atoms with Crippen molar-refractivity contribution in [3.05, 3.63) is 175 Å². The smallest absolute Gasteiger partial charge is 0.164 e. The van der Waals surface area contributed by atoms with Crippen molar-refractivity contribution in [1.82, 2.24) is 15.0 Å². The number of fused-ring (bicyclic) bond motifs is 3. The predicted molar refractivity (Wildman–Crippen MR) is 210 cm³/mol. The first-order chi connectivity index (χ1) is 24.7. The van der Waals surface area contributed by atoms with Crippen molar-refractivity contribution >= 4 is 31.5 Å². The van der Waals surface area contributed by atoms with Crippen molar-refractivity contribution in [2.45, 2.75) is 12.8 Å². The van der Waals surface area contributed by atoms with Gasteiger partial charge in [0, 0.05) is 42.8 Å². The summed E-state index contributed by atoms with van der Waals surface area (Å²) in [7, 11) is 0. The van der Waals surface area contributed by atoms with Crippen molar-refractivity contribution in [1.29, 1.82) is 0 Å². The topological polar surface area (TPSA) is 38.7 Å². The van der Waals surface area contributed by atoms with E-state index in [4.69, 9.17) is 15.0 Å². The fraction of sp³-hybridized carbons (Fsp3) is 0.0652. The Morgan fingerprint density at radius 2 is 0.960 bits per heavy atom. The van der Waals surface area contributed by atoms with Gasteiger partial charge in [0.05, 0.1) is 0 Å². The van der Waals surface area contributed by atoms with Gasteiger partial charge < -0.3 is 0 Å². The summed E-state index contributed by atoms with van der Waals surface area (Å²) < 4.78 is 2.66. The van der Waals surface area contributed by atoms with Crippen LogP contribution < -0.4 is 0 Å². The summed E-state index contributed by atoms with van der Waals surface area (Å²) in [5.41, 5.74) is 8.87. The van der Waals surface area contributed by atoms with Gasteiger partial charge in [0.2, 0.25) is 0 Å². The van der Waals surface area contributed by atoms with Crippen molar-refractivity contribution in [2.75, 3.05) is 0 Å². The van der Waals surface area contributed by atoms with Crippen LogP contribution >= 0.6 is 11.3 Å². The highest BCUT2D eigenvalue weighted by Crippen LogP contribution is 2.45. The third kappa shape index (κ3) is 5.54. The predicted octanol–water partition coefficient (Wildman–Crippen LogP) is 12.4. The van der Waals surface area contributed by atoms with E-state index in [9.17, 15) is 0 Å².